The molecule has 0 saturated carbocycles. The number of hydrogen-bond donors (Lipinski definition) is 1. The second-order valence-electron chi connectivity index (χ2n) is 2.25. The molecule has 0 aliphatic heterocycles. The van der Waals surface area contributed by atoms with Crippen LogP contribution in [-0.4, -0.2) is 11.4 Å². The van der Waals surface area contributed by atoms with Crippen molar-refractivity contribution in [3.8, 4) is 0 Å². The quantitative estimate of drug-likeness (QED) is 0.472. The molecular formula is C8H16O2. The van der Waals surface area contributed by atoms with Crippen LogP contribution in [-0.2, 0) is 4.74 Å². The molecule has 0 aliphatic rings. The van der Waals surface area contributed by atoms with Crippen molar-refractivity contribution in [2.24, 2.45) is 0 Å². The minimum absolute atomic E-state index is 0.654. The maximum Gasteiger partial charge on any atom is 0.196 e. The highest BCUT2D eigenvalue weighted by atomic mass is 16.6. The summed E-state index contributed by atoms with van der Waals surface area (Å²) >= 11 is 0. The molecule has 0 heterocycles. The Kier molecular flexibility index (Phi) is 5.03. The van der Waals surface area contributed by atoms with Crippen molar-refractivity contribution in [3.63, 3.8) is 0 Å². The molecule has 2 nitrogen and oxygen atoms in total. The van der Waals surface area contributed by atoms with E-state index in [1.54, 1.807) is 0 Å². The Morgan fingerprint density at radius 2 is 2.20 bits per heavy atom. The van der Waals surface area contributed by atoms with E-state index >= 15 is 0 Å². The zero-order valence-corrected chi connectivity index (χ0v) is 6.76. The molecular weight excluding hydrogens is 128 g/mol. The van der Waals surface area contributed by atoms with E-state index in [1.165, 1.54) is 0 Å². The molecule has 60 valence electrons. The Morgan fingerprint density at radius 1 is 1.60 bits per heavy atom. The highest BCUT2D eigenvalue weighted by Gasteiger charge is 2.02. The molecule has 1 unspecified atom stereocenters. The summed E-state index contributed by atoms with van der Waals surface area (Å²) in [5.41, 5.74) is 0. The minimum Gasteiger partial charge on any atom is -0.470 e. The molecule has 0 aromatic carbocycles. The smallest absolute Gasteiger partial charge is 0.196 e. The number of aliphatic hydroxyl groups excluding tert-OH is 1. The second kappa shape index (κ2) is 5.30. The number of allylic oxidation sites excluding steroid dienone is 1. The topological polar surface area (TPSA) is 29.5 Å². The Bertz CT molecular complexity index is 99.4. The van der Waals surface area contributed by atoms with Gasteiger partial charge in [0, 0.05) is 12.8 Å². The van der Waals surface area contributed by atoms with Crippen molar-refractivity contribution < 1.29 is 9.84 Å². The van der Waals surface area contributed by atoms with Gasteiger partial charge < -0.3 is 9.84 Å². The van der Waals surface area contributed by atoms with Gasteiger partial charge in [0.2, 0.25) is 0 Å². The Labute approximate surface area is 62.5 Å². The first kappa shape index (κ1) is 9.50. The third-order valence-electron chi connectivity index (χ3n) is 1.23. The summed E-state index contributed by atoms with van der Waals surface area (Å²) < 4.78 is 5.00. The fourth-order valence-corrected chi connectivity index (χ4v) is 0.582. The highest BCUT2D eigenvalue weighted by Crippen LogP contribution is 2.06. The van der Waals surface area contributed by atoms with Crippen LogP contribution in [0, 0.1) is 0 Å². The average molecular weight is 144 g/mol. The number of ether oxygens (including phenoxy) is 1. The van der Waals surface area contributed by atoms with Gasteiger partial charge in [0.15, 0.2) is 6.29 Å². The van der Waals surface area contributed by atoms with Crippen LogP contribution in [0.1, 0.15) is 33.1 Å². The average Bonchev–Trinajstić information content (AvgIpc) is 1.88. The van der Waals surface area contributed by atoms with Crippen LogP contribution in [0.2, 0.25) is 0 Å². The summed E-state index contributed by atoms with van der Waals surface area (Å²) in [5.74, 6) is 0.654. The Hall–Kier alpha value is -0.500. The van der Waals surface area contributed by atoms with Crippen LogP contribution >= 0.6 is 0 Å². The van der Waals surface area contributed by atoms with Gasteiger partial charge in [-0.15, -0.1) is 0 Å². The number of hydrogen-bond acceptors (Lipinski definition) is 2. The largest absolute Gasteiger partial charge is 0.470 e. The van der Waals surface area contributed by atoms with Crippen LogP contribution in [0.3, 0.4) is 0 Å². The first-order valence-corrected chi connectivity index (χ1v) is 3.73. The lowest BCUT2D eigenvalue weighted by atomic mass is 10.3. The van der Waals surface area contributed by atoms with Gasteiger partial charge in [0.1, 0.15) is 0 Å². The Balaban J connectivity index is 3.37. The summed E-state index contributed by atoms with van der Waals surface area (Å²) in [6.45, 7) is 7.56. The summed E-state index contributed by atoms with van der Waals surface area (Å²) in [5, 5.41) is 9.07. The molecule has 0 aliphatic carbocycles. The van der Waals surface area contributed by atoms with E-state index in [2.05, 4.69) is 6.58 Å². The molecule has 10 heavy (non-hydrogen) atoms. The summed E-state index contributed by atoms with van der Waals surface area (Å²) in [4.78, 5) is 0. The van der Waals surface area contributed by atoms with Gasteiger partial charge in [-0.25, -0.2) is 0 Å². The lowest BCUT2D eigenvalue weighted by Gasteiger charge is -2.12. The van der Waals surface area contributed by atoms with Crippen LogP contribution in [0.25, 0.3) is 0 Å². The van der Waals surface area contributed by atoms with E-state index < -0.39 is 6.29 Å². The van der Waals surface area contributed by atoms with Gasteiger partial charge >= 0.3 is 0 Å². The lowest BCUT2D eigenvalue weighted by molar-refractivity contribution is -0.0712. The highest BCUT2D eigenvalue weighted by molar-refractivity contribution is 4.79. The van der Waals surface area contributed by atoms with Crippen molar-refractivity contribution in [3.05, 3.63) is 12.3 Å². The lowest BCUT2D eigenvalue weighted by Crippen LogP contribution is -2.09. The number of aliphatic hydroxyl groups is 1. The fraction of sp³-hybridized carbons (Fsp3) is 0.750. The minimum atomic E-state index is -0.655. The summed E-state index contributed by atoms with van der Waals surface area (Å²) in [6.07, 6.45) is 1.72. The molecule has 0 aromatic heterocycles. The van der Waals surface area contributed by atoms with E-state index in [4.69, 9.17) is 9.84 Å². The molecule has 0 fully saturated rings. The van der Waals surface area contributed by atoms with E-state index in [0.29, 0.717) is 12.2 Å². The van der Waals surface area contributed by atoms with Gasteiger partial charge in [0.05, 0.1) is 5.76 Å². The molecule has 0 amide bonds. The molecule has 0 rings (SSSR count). The molecule has 0 bridgehead atoms. The molecule has 1 N–H and O–H groups in total. The molecule has 0 saturated heterocycles. The Morgan fingerprint density at radius 3 is 2.60 bits per heavy atom. The van der Waals surface area contributed by atoms with Crippen molar-refractivity contribution in [1.29, 1.82) is 0 Å². The normalized spacial score (nSPS) is 12.7. The predicted molar refractivity (Wildman–Crippen MR) is 41.4 cm³/mol. The van der Waals surface area contributed by atoms with Gasteiger partial charge in [0.25, 0.3) is 0 Å². The van der Waals surface area contributed by atoms with Gasteiger partial charge in [-0.1, -0.05) is 26.8 Å². The monoisotopic (exact) mass is 144 g/mol. The first-order chi connectivity index (χ1) is 4.70. The van der Waals surface area contributed by atoms with Crippen molar-refractivity contribution in [1.82, 2.24) is 0 Å². The summed E-state index contributed by atoms with van der Waals surface area (Å²) in [6, 6.07) is 0. The molecule has 1 atom stereocenters. The molecule has 0 spiro atoms. The van der Waals surface area contributed by atoms with Crippen molar-refractivity contribution in [2.45, 2.75) is 39.4 Å². The van der Waals surface area contributed by atoms with Crippen LogP contribution < -0.4 is 0 Å². The van der Waals surface area contributed by atoms with Crippen LogP contribution in [0.15, 0.2) is 12.3 Å². The van der Waals surface area contributed by atoms with E-state index in [-0.39, 0.29) is 0 Å². The third-order valence-corrected chi connectivity index (χ3v) is 1.23. The molecule has 0 aromatic rings. The molecule has 0 radical (unpaired) electrons. The zero-order chi connectivity index (χ0) is 7.98. The van der Waals surface area contributed by atoms with Gasteiger partial charge in [-0.2, -0.15) is 0 Å². The van der Waals surface area contributed by atoms with E-state index in [1.807, 2.05) is 13.8 Å². The standard InChI is InChI=1S/C8H16O2/c1-4-6-8(9)10-7(3)5-2/h8-9H,3-6H2,1-2H3. The van der Waals surface area contributed by atoms with Gasteiger partial charge in [-0.3, -0.25) is 0 Å². The van der Waals surface area contributed by atoms with E-state index in [9.17, 15) is 0 Å². The maximum absolute atomic E-state index is 9.07. The second-order valence-corrected chi connectivity index (χ2v) is 2.25. The zero-order valence-electron chi connectivity index (χ0n) is 6.76. The number of rotatable bonds is 5. The van der Waals surface area contributed by atoms with Crippen molar-refractivity contribution in [2.75, 3.05) is 0 Å². The fourth-order valence-electron chi connectivity index (χ4n) is 0.582. The van der Waals surface area contributed by atoms with Crippen LogP contribution in [0.5, 0.6) is 0 Å². The van der Waals surface area contributed by atoms with Crippen molar-refractivity contribution >= 4 is 0 Å². The maximum atomic E-state index is 9.07. The first-order valence-electron chi connectivity index (χ1n) is 3.73. The molecule has 2 heteroatoms. The predicted octanol–water partition coefficient (Wildman–Crippen LogP) is 2.05. The summed E-state index contributed by atoms with van der Waals surface area (Å²) in [7, 11) is 0. The van der Waals surface area contributed by atoms with Crippen LogP contribution in [0.4, 0.5) is 0 Å². The van der Waals surface area contributed by atoms with Gasteiger partial charge in [-0.05, 0) is 0 Å². The third kappa shape index (κ3) is 4.39. The van der Waals surface area contributed by atoms with E-state index in [0.717, 1.165) is 12.8 Å². The SMILES string of the molecule is C=C(CC)OC(O)CCC.